The average Bonchev–Trinajstić information content (AvgIpc) is 2.86. The highest BCUT2D eigenvalue weighted by molar-refractivity contribution is 5.95. The third-order valence-corrected chi connectivity index (χ3v) is 3.28. The number of aromatic nitrogens is 4. The number of hydrogen-bond donors (Lipinski definition) is 1. The molecule has 0 aliphatic carbocycles. The third kappa shape index (κ3) is 3.05. The van der Waals surface area contributed by atoms with Gasteiger partial charge in [0.15, 0.2) is 0 Å². The summed E-state index contributed by atoms with van der Waals surface area (Å²) in [5.74, 6) is -0.193. The third-order valence-electron chi connectivity index (χ3n) is 3.28. The number of likely N-dealkylation sites (N-methyl/N-ethyl adjacent to an activating group) is 1. The van der Waals surface area contributed by atoms with Crippen LogP contribution in [0.25, 0.3) is 5.78 Å². The second-order valence-electron chi connectivity index (χ2n) is 5.69. The lowest BCUT2D eigenvalue weighted by molar-refractivity contribution is -0.131. The minimum absolute atomic E-state index is 0.0431. The summed E-state index contributed by atoms with van der Waals surface area (Å²) >= 11 is 0. The van der Waals surface area contributed by atoms with Gasteiger partial charge >= 0.3 is 0 Å². The first-order valence-electron chi connectivity index (χ1n) is 7.01. The maximum Gasteiger partial charge on any atom is 0.290 e. The Hall–Kier alpha value is -2.51. The molecule has 0 aromatic carbocycles. The normalized spacial score (nSPS) is 12.5. The lowest BCUT2D eigenvalue weighted by Crippen LogP contribution is -2.49. The first-order valence-corrected chi connectivity index (χ1v) is 7.01. The van der Waals surface area contributed by atoms with Gasteiger partial charge in [-0.2, -0.15) is 0 Å². The van der Waals surface area contributed by atoms with E-state index in [1.54, 1.807) is 26.4 Å². The van der Waals surface area contributed by atoms with E-state index >= 15 is 0 Å². The number of carbonyl (C=O) groups is 2. The fraction of sp³-hybridized carbons (Fsp3) is 0.500. The molecular weight excluding hydrogens is 284 g/mol. The number of rotatable bonds is 4. The van der Waals surface area contributed by atoms with Crippen LogP contribution >= 0.6 is 0 Å². The van der Waals surface area contributed by atoms with Crippen LogP contribution in [0.1, 0.15) is 30.2 Å². The van der Waals surface area contributed by atoms with Crippen molar-refractivity contribution in [2.75, 3.05) is 14.1 Å². The molecule has 0 aliphatic rings. The maximum absolute atomic E-state index is 12.4. The monoisotopic (exact) mass is 304 g/mol. The van der Waals surface area contributed by atoms with Gasteiger partial charge in [-0.05, 0) is 18.9 Å². The van der Waals surface area contributed by atoms with Gasteiger partial charge in [-0.3, -0.25) is 14.0 Å². The second-order valence-corrected chi connectivity index (χ2v) is 5.69. The quantitative estimate of drug-likeness (QED) is 0.875. The van der Waals surface area contributed by atoms with Crippen molar-refractivity contribution in [1.29, 1.82) is 0 Å². The van der Waals surface area contributed by atoms with Crippen LogP contribution in [0.2, 0.25) is 0 Å². The summed E-state index contributed by atoms with van der Waals surface area (Å²) in [7, 11) is 3.31. The highest BCUT2D eigenvalue weighted by Gasteiger charge is 2.27. The number of fused-ring (bicyclic) bond motifs is 1. The maximum atomic E-state index is 12.4. The molecule has 2 amide bonds. The Bertz CT molecular complexity index is 706. The molecule has 1 N–H and O–H groups in total. The van der Waals surface area contributed by atoms with E-state index in [1.165, 1.54) is 9.30 Å². The Morgan fingerprint density at radius 2 is 1.95 bits per heavy atom. The van der Waals surface area contributed by atoms with Crippen molar-refractivity contribution in [3.8, 4) is 0 Å². The molecule has 118 valence electrons. The summed E-state index contributed by atoms with van der Waals surface area (Å²) < 4.78 is 1.50. The van der Waals surface area contributed by atoms with Crippen LogP contribution in [0.15, 0.2) is 12.3 Å². The molecule has 1 atom stereocenters. The zero-order valence-corrected chi connectivity index (χ0v) is 13.4. The van der Waals surface area contributed by atoms with Gasteiger partial charge in [-0.15, -0.1) is 10.2 Å². The van der Waals surface area contributed by atoms with E-state index < -0.39 is 11.9 Å². The zero-order chi connectivity index (χ0) is 16.4. The molecule has 8 nitrogen and oxygen atoms in total. The summed E-state index contributed by atoms with van der Waals surface area (Å²) in [6, 6.07) is 1.14. The summed E-state index contributed by atoms with van der Waals surface area (Å²) in [5, 5.41) is 10.5. The Kier molecular flexibility index (Phi) is 4.39. The highest BCUT2D eigenvalue weighted by atomic mass is 16.2. The van der Waals surface area contributed by atoms with E-state index in [1.807, 2.05) is 20.8 Å². The van der Waals surface area contributed by atoms with Gasteiger partial charge < -0.3 is 10.2 Å². The fourth-order valence-electron chi connectivity index (χ4n) is 2.03. The smallest absolute Gasteiger partial charge is 0.290 e. The van der Waals surface area contributed by atoms with E-state index in [4.69, 9.17) is 0 Å². The molecule has 2 aromatic heterocycles. The molecule has 0 bridgehead atoms. The predicted molar refractivity (Wildman–Crippen MR) is 80.3 cm³/mol. The molecule has 0 aliphatic heterocycles. The van der Waals surface area contributed by atoms with Gasteiger partial charge in [0, 0.05) is 26.0 Å². The SMILES string of the molecule is Cc1ccn2c(C(=O)NC(C(=O)N(C)C)C(C)C)nnc2n1. The lowest BCUT2D eigenvalue weighted by Gasteiger charge is -2.24. The first kappa shape index (κ1) is 15.9. The number of amides is 2. The van der Waals surface area contributed by atoms with Gasteiger partial charge in [0.05, 0.1) is 0 Å². The van der Waals surface area contributed by atoms with Crippen molar-refractivity contribution in [1.82, 2.24) is 29.8 Å². The number of carbonyl (C=O) groups excluding carboxylic acids is 2. The summed E-state index contributed by atoms with van der Waals surface area (Å²) in [4.78, 5) is 30.2. The van der Waals surface area contributed by atoms with Crippen LogP contribution in [0.5, 0.6) is 0 Å². The molecule has 0 spiro atoms. The van der Waals surface area contributed by atoms with Crippen molar-refractivity contribution in [2.24, 2.45) is 5.92 Å². The number of aryl methyl sites for hydroxylation is 1. The van der Waals surface area contributed by atoms with Crippen molar-refractivity contribution in [3.63, 3.8) is 0 Å². The van der Waals surface area contributed by atoms with Crippen LogP contribution in [0.4, 0.5) is 0 Å². The minimum atomic E-state index is -0.617. The molecule has 2 rings (SSSR count). The summed E-state index contributed by atoms with van der Waals surface area (Å²) in [6.45, 7) is 5.58. The van der Waals surface area contributed by atoms with E-state index in [-0.39, 0.29) is 17.6 Å². The predicted octanol–water partition coefficient (Wildman–Crippen LogP) is 0.275. The van der Waals surface area contributed by atoms with Gasteiger partial charge in [-0.25, -0.2) is 4.98 Å². The Morgan fingerprint density at radius 1 is 1.27 bits per heavy atom. The van der Waals surface area contributed by atoms with E-state index in [0.29, 0.717) is 5.78 Å². The molecule has 8 heteroatoms. The highest BCUT2D eigenvalue weighted by Crippen LogP contribution is 2.07. The van der Waals surface area contributed by atoms with E-state index in [9.17, 15) is 9.59 Å². The van der Waals surface area contributed by atoms with Crippen LogP contribution in [-0.4, -0.2) is 56.4 Å². The number of nitrogens with one attached hydrogen (secondary N) is 1. The van der Waals surface area contributed by atoms with Gasteiger partial charge in [-0.1, -0.05) is 13.8 Å². The average molecular weight is 304 g/mol. The second kappa shape index (κ2) is 6.08. The minimum Gasteiger partial charge on any atom is -0.347 e. The Labute approximate surface area is 128 Å². The molecule has 22 heavy (non-hydrogen) atoms. The molecule has 0 fully saturated rings. The van der Waals surface area contributed by atoms with Crippen molar-refractivity contribution in [3.05, 3.63) is 23.8 Å². The number of hydrogen-bond acceptors (Lipinski definition) is 5. The molecule has 0 radical (unpaired) electrons. The van der Waals surface area contributed by atoms with E-state index in [0.717, 1.165) is 5.69 Å². The van der Waals surface area contributed by atoms with Crippen LogP contribution in [0, 0.1) is 12.8 Å². The Morgan fingerprint density at radius 3 is 2.55 bits per heavy atom. The van der Waals surface area contributed by atoms with Crippen molar-refractivity contribution < 1.29 is 9.59 Å². The molecule has 2 aromatic rings. The summed E-state index contributed by atoms with van der Waals surface area (Å²) in [6.07, 6.45) is 1.69. The lowest BCUT2D eigenvalue weighted by atomic mass is 10.0. The van der Waals surface area contributed by atoms with Crippen LogP contribution in [0.3, 0.4) is 0 Å². The first-order chi connectivity index (χ1) is 10.3. The largest absolute Gasteiger partial charge is 0.347 e. The number of nitrogens with zero attached hydrogens (tertiary/aromatic N) is 5. The van der Waals surface area contributed by atoms with Crippen molar-refractivity contribution in [2.45, 2.75) is 26.8 Å². The Balaban J connectivity index is 2.28. The zero-order valence-electron chi connectivity index (χ0n) is 13.4. The van der Waals surface area contributed by atoms with Crippen molar-refractivity contribution >= 4 is 17.6 Å². The molecule has 2 heterocycles. The van der Waals surface area contributed by atoms with Gasteiger partial charge in [0.2, 0.25) is 11.7 Å². The van der Waals surface area contributed by atoms with E-state index in [2.05, 4.69) is 20.5 Å². The molecule has 0 saturated heterocycles. The van der Waals surface area contributed by atoms with Crippen LogP contribution < -0.4 is 5.32 Å². The molecular formula is C14H20N6O2. The summed E-state index contributed by atoms with van der Waals surface area (Å²) in [5.41, 5.74) is 0.787. The standard InChI is InChI=1S/C14H20N6O2/c1-8(2)10(13(22)19(4)5)16-12(21)11-17-18-14-15-9(3)6-7-20(11)14/h6-8,10H,1-5H3,(H,16,21). The molecule has 1 unspecified atom stereocenters. The fourth-order valence-corrected chi connectivity index (χ4v) is 2.03. The molecule has 0 saturated carbocycles. The van der Waals surface area contributed by atoms with Crippen LogP contribution in [-0.2, 0) is 4.79 Å². The topological polar surface area (TPSA) is 92.5 Å². The van der Waals surface area contributed by atoms with Gasteiger partial charge in [0.1, 0.15) is 6.04 Å². The van der Waals surface area contributed by atoms with Gasteiger partial charge in [0.25, 0.3) is 11.7 Å².